The van der Waals surface area contributed by atoms with Crippen LogP contribution in [-0.2, 0) is 10.0 Å². The Hall–Kier alpha value is -1.32. The van der Waals surface area contributed by atoms with E-state index in [2.05, 4.69) is 27.3 Å². The number of halogens is 1. The summed E-state index contributed by atoms with van der Waals surface area (Å²) < 4.78 is 32.9. The Morgan fingerprint density at radius 2 is 1.67 bits per heavy atom. The lowest BCUT2D eigenvalue weighted by Gasteiger charge is -2.09. The zero-order valence-corrected chi connectivity index (χ0v) is 14.1. The summed E-state index contributed by atoms with van der Waals surface area (Å²) in [6.07, 6.45) is 0. The lowest BCUT2D eigenvalue weighted by atomic mass is 10.3. The molecule has 0 unspecified atom stereocenters. The normalized spacial score (nSPS) is 11.3. The second-order valence-corrected chi connectivity index (χ2v) is 7.28. The molecule has 0 saturated carbocycles. The predicted molar refractivity (Wildman–Crippen MR) is 90.7 cm³/mol. The van der Waals surface area contributed by atoms with Gasteiger partial charge in [0.2, 0.25) is 10.0 Å². The topological polar surface area (TPSA) is 81.4 Å². The number of hydrogen-bond donors (Lipinski definition) is 2. The predicted octanol–water partition coefficient (Wildman–Crippen LogP) is 2.23. The lowest BCUT2D eigenvalue weighted by Crippen LogP contribution is -2.28. The first kappa shape index (κ1) is 16.1. The van der Waals surface area contributed by atoms with Gasteiger partial charge in [0.15, 0.2) is 0 Å². The lowest BCUT2D eigenvalue weighted by molar-refractivity contribution is 0.323. The molecule has 21 heavy (non-hydrogen) atoms. The smallest absolute Gasteiger partial charge is 0.240 e. The van der Waals surface area contributed by atoms with E-state index in [0.717, 1.165) is 3.57 Å². The van der Waals surface area contributed by atoms with Crippen LogP contribution in [-0.4, -0.2) is 21.6 Å². The standard InChI is InChI=1S/C14H15IN2O3S/c15-11-1-7-14(8-2-11)21(18,19)17-9-10-20-13-5-3-12(16)4-6-13/h1-8,17H,9-10,16H2. The van der Waals surface area contributed by atoms with Crippen LogP contribution in [0.5, 0.6) is 5.75 Å². The van der Waals surface area contributed by atoms with Gasteiger partial charge in [0, 0.05) is 15.8 Å². The minimum Gasteiger partial charge on any atom is -0.492 e. The monoisotopic (exact) mass is 418 g/mol. The summed E-state index contributed by atoms with van der Waals surface area (Å²) in [5.74, 6) is 0.651. The minimum absolute atomic E-state index is 0.193. The maximum atomic E-state index is 12.0. The van der Waals surface area contributed by atoms with Gasteiger partial charge in [0.05, 0.1) is 4.90 Å². The fourth-order valence-electron chi connectivity index (χ4n) is 1.61. The number of nitrogens with two attached hydrogens (primary N) is 1. The van der Waals surface area contributed by atoms with Gasteiger partial charge in [-0.1, -0.05) is 0 Å². The van der Waals surface area contributed by atoms with E-state index in [1.165, 1.54) is 0 Å². The highest BCUT2D eigenvalue weighted by Gasteiger charge is 2.12. The average Bonchev–Trinajstić information content (AvgIpc) is 2.46. The summed E-state index contributed by atoms with van der Waals surface area (Å²) in [6, 6.07) is 13.6. The molecule has 0 aromatic heterocycles. The number of sulfonamides is 1. The Morgan fingerprint density at radius 3 is 2.29 bits per heavy atom. The first-order valence-electron chi connectivity index (χ1n) is 6.21. The number of anilines is 1. The van der Waals surface area contributed by atoms with Crippen LogP contribution in [0.15, 0.2) is 53.4 Å². The summed E-state index contributed by atoms with van der Waals surface area (Å²) in [6.45, 7) is 0.437. The molecule has 3 N–H and O–H groups in total. The first-order valence-corrected chi connectivity index (χ1v) is 8.77. The van der Waals surface area contributed by atoms with E-state index in [-0.39, 0.29) is 18.0 Å². The molecule has 0 aliphatic carbocycles. The Morgan fingerprint density at radius 1 is 1.05 bits per heavy atom. The molecule has 112 valence electrons. The van der Waals surface area contributed by atoms with Crippen LogP contribution >= 0.6 is 22.6 Å². The largest absolute Gasteiger partial charge is 0.492 e. The van der Waals surface area contributed by atoms with Crippen molar-refractivity contribution in [1.82, 2.24) is 4.72 Å². The van der Waals surface area contributed by atoms with Gasteiger partial charge in [-0.25, -0.2) is 13.1 Å². The molecule has 0 aliphatic rings. The molecule has 0 bridgehead atoms. The number of ether oxygens (including phenoxy) is 1. The van der Waals surface area contributed by atoms with Crippen LogP contribution in [0.2, 0.25) is 0 Å². The number of benzene rings is 2. The van der Waals surface area contributed by atoms with Crippen molar-refractivity contribution in [3.8, 4) is 5.75 Å². The van der Waals surface area contributed by atoms with Crippen LogP contribution < -0.4 is 15.2 Å². The Labute approximate surface area is 137 Å². The van der Waals surface area contributed by atoms with Gasteiger partial charge in [-0.05, 0) is 71.1 Å². The summed E-state index contributed by atoms with van der Waals surface area (Å²) in [5, 5.41) is 0. The second-order valence-electron chi connectivity index (χ2n) is 4.27. The third-order valence-corrected chi connectivity index (χ3v) is 4.86. The number of hydrogen-bond acceptors (Lipinski definition) is 4. The molecule has 2 aromatic rings. The van der Waals surface area contributed by atoms with Crippen molar-refractivity contribution in [3.63, 3.8) is 0 Å². The molecule has 0 fully saturated rings. The average molecular weight is 418 g/mol. The number of rotatable bonds is 6. The third kappa shape index (κ3) is 4.87. The quantitative estimate of drug-likeness (QED) is 0.429. The van der Waals surface area contributed by atoms with E-state index in [0.29, 0.717) is 11.4 Å². The van der Waals surface area contributed by atoms with Gasteiger partial charge in [0.1, 0.15) is 12.4 Å². The maximum absolute atomic E-state index is 12.0. The fourth-order valence-corrected chi connectivity index (χ4v) is 2.98. The van der Waals surface area contributed by atoms with Crippen molar-refractivity contribution in [2.24, 2.45) is 0 Å². The SMILES string of the molecule is Nc1ccc(OCCNS(=O)(=O)c2ccc(I)cc2)cc1. The molecule has 7 heteroatoms. The third-order valence-electron chi connectivity index (χ3n) is 2.67. The van der Waals surface area contributed by atoms with E-state index in [1.807, 2.05) is 0 Å². The molecule has 0 atom stereocenters. The van der Waals surface area contributed by atoms with Crippen LogP contribution in [0, 0.1) is 3.57 Å². The molecule has 0 spiro atoms. The summed E-state index contributed by atoms with van der Waals surface area (Å²) in [7, 11) is -3.49. The Bertz CT molecular complexity index is 685. The number of nitrogens with one attached hydrogen (secondary N) is 1. The Balaban J connectivity index is 1.85. The molecule has 0 aliphatic heterocycles. The first-order chi connectivity index (χ1) is 9.97. The summed E-state index contributed by atoms with van der Waals surface area (Å²) in [4.78, 5) is 0.246. The van der Waals surface area contributed by atoms with E-state index in [9.17, 15) is 8.42 Å². The van der Waals surface area contributed by atoms with E-state index < -0.39 is 10.0 Å². The highest BCUT2D eigenvalue weighted by atomic mass is 127. The zero-order chi connectivity index (χ0) is 15.3. The van der Waals surface area contributed by atoms with Crippen molar-refractivity contribution in [3.05, 3.63) is 52.1 Å². The van der Waals surface area contributed by atoms with E-state index in [4.69, 9.17) is 10.5 Å². The summed E-state index contributed by atoms with van der Waals surface area (Å²) >= 11 is 2.12. The molecule has 5 nitrogen and oxygen atoms in total. The van der Waals surface area contributed by atoms with Gasteiger partial charge in [-0.3, -0.25) is 0 Å². The zero-order valence-electron chi connectivity index (χ0n) is 11.1. The van der Waals surface area contributed by atoms with Crippen molar-refractivity contribution in [1.29, 1.82) is 0 Å². The van der Waals surface area contributed by atoms with Crippen molar-refractivity contribution < 1.29 is 13.2 Å². The van der Waals surface area contributed by atoms with Gasteiger partial charge in [-0.15, -0.1) is 0 Å². The highest BCUT2D eigenvalue weighted by molar-refractivity contribution is 14.1. The molecule has 2 rings (SSSR count). The number of nitrogen functional groups attached to an aromatic ring is 1. The van der Waals surface area contributed by atoms with Crippen molar-refractivity contribution in [2.75, 3.05) is 18.9 Å². The molecule has 0 radical (unpaired) electrons. The second kappa shape index (κ2) is 7.10. The molecule has 0 amide bonds. The van der Waals surface area contributed by atoms with Crippen LogP contribution in [0.4, 0.5) is 5.69 Å². The minimum atomic E-state index is -3.49. The molecular formula is C14H15IN2O3S. The van der Waals surface area contributed by atoms with Gasteiger partial charge in [-0.2, -0.15) is 0 Å². The van der Waals surface area contributed by atoms with Crippen LogP contribution in [0.3, 0.4) is 0 Å². The molecule has 0 saturated heterocycles. The van der Waals surface area contributed by atoms with Crippen molar-refractivity contribution >= 4 is 38.3 Å². The van der Waals surface area contributed by atoms with Gasteiger partial charge >= 0.3 is 0 Å². The van der Waals surface area contributed by atoms with Crippen LogP contribution in [0.1, 0.15) is 0 Å². The van der Waals surface area contributed by atoms with Crippen LogP contribution in [0.25, 0.3) is 0 Å². The highest BCUT2D eigenvalue weighted by Crippen LogP contribution is 2.13. The molecule has 0 heterocycles. The van der Waals surface area contributed by atoms with Gasteiger partial charge < -0.3 is 10.5 Å². The van der Waals surface area contributed by atoms with E-state index in [1.54, 1.807) is 48.5 Å². The maximum Gasteiger partial charge on any atom is 0.240 e. The summed E-state index contributed by atoms with van der Waals surface area (Å²) in [5.41, 5.74) is 6.22. The van der Waals surface area contributed by atoms with Crippen molar-refractivity contribution in [2.45, 2.75) is 4.90 Å². The molecule has 2 aromatic carbocycles. The van der Waals surface area contributed by atoms with E-state index >= 15 is 0 Å². The molecular weight excluding hydrogens is 403 g/mol. The Kier molecular flexibility index (Phi) is 5.43. The fraction of sp³-hybridized carbons (Fsp3) is 0.143. The van der Waals surface area contributed by atoms with Gasteiger partial charge in [0.25, 0.3) is 0 Å².